The minimum atomic E-state index is -0.205. The number of para-hydroxylation sites is 1. The molecule has 1 amide bonds. The van der Waals surface area contributed by atoms with Crippen LogP contribution in [0.15, 0.2) is 42.5 Å². The largest absolute Gasteiger partial charge is 0.482 e. The number of benzene rings is 2. The van der Waals surface area contributed by atoms with Crippen molar-refractivity contribution >= 4 is 17.3 Å². The van der Waals surface area contributed by atoms with E-state index >= 15 is 0 Å². The molecular weight excluding hydrogens is 264 g/mol. The standard InChI is InChI=1S/C17H20N2O2/c1-3-13-8-9-16(14(18)10-13)21-11-17(20)19-15-7-5-4-6-12(15)2/h4-10H,3,11,18H2,1-2H3,(H,19,20). The quantitative estimate of drug-likeness (QED) is 0.829. The van der Waals surface area contributed by atoms with Crippen molar-refractivity contribution in [2.45, 2.75) is 20.3 Å². The second-order valence-electron chi connectivity index (χ2n) is 4.88. The molecule has 0 saturated heterocycles. The van der Waals surface area contributed by atoms with Crippen molar-refractivity contribution in [1.29, 1.82) is 0 Å². The van der Waals surface area contributed by atoms with Gasteiger partial charge in [-0.05, 0) is 42.7 Å². The molecule has 2 rings (SSSR count). The summed E-state index contributed by atoms with van der Waals surface area (Å²) in [5.41, 5.74) is 9.40. The number of hydrogen-bond donors (Lipinski definition) is 2. The normalized spacial score (nSPS) is 10.2. The minimum Gasteiger partial charge on any atom is -0.482 e. The molecule has 21 heavy (non-hydrogen) atoms. The van der Waals surface area contributed by atoms with E-state index in [1.165, 1.54) is 0 Å². The van der Waals surface area contributed by atoms with Gasteiger partial charge in [-0.25, -0.2) is 0 Å². The Bertz CT molecular complexity index is 638. The van der Waals surface area contributed by atoms with Crippen LogP contribution >= 0.6 is 0 Å². The average molecular weight is 284 g/mol. The highest BCUT2D eigenvalue weighted by atomic mass is 16.5. The lowest BCUT2D eigenvalue weighted by Gasteiger charge is -2.11. The van der Waals surface area contributed by atoms with Crippen molar-refractivity contribution in [3.63, 3.8) is 0 Å². The summed E-state index contributed by atoms with van der Waals surface area (Å²) in [4.78, 5) is 11.9. The van der Waals surface area contributed by atoms with E-state index < -0.39 is 0 Å². The fraction of sp³-hybridized carbons (Fsp3) is 0.235. The lowest BCUT2D eigenvalue weighted by Crippen LogP contribution is -2.20. The van der Waals surface area contributed by atoms with Crippen LogP contribution in [-0.4, -0.2) is 12.5 Å². The molecule has 110 valence electrons. The number of carbonyl (C=O) groups is 1. The first-order valence-electron chi connectivity index (χ1n) is 6.97. The lowest BCUT2D eigenvalue weighted by molar-refractivity contribution is -0.118. The summed E-state index contributed by atoms with van der Waals surface area (Å²) in [6.07, 6.45) is 0.915. The Kier molecular flexibility index (Phi) is 4.82. The first-order chi connectivity index (χ1) is 10.1. The first kappa shape index (κ1) is 14.9. The van der Waals surface area contributed by atoms with Crippen molar-refractivity contribution in [2.24, 2.45) is 0 Å². The van der Waals surface area contributed by atoms with Crippen molar-refractivity contribution in [1.82, 2.24) is 0 Å². The smallest absolute Gasteiger partial charge is 0.262 e. The molecule has 0 fully saturated rings. The van der Waals surface area contributed by atoms with Gasteiger partial charge >= 0.3 is 0 Å². The zero-order valence-electron chi connectivity index (χ0n) is 12.3. The zero-order chi connectivity index (χ0) is 15.2. The molecule has 4 nitrogen and oxygen atoms in total. The molecule has 0 radical (unpaired) electrons. The van der Waals surface area contributed by atoms with E-state index in [1.807, 2.05) is 43.3 Å². The third-order valence-corrected chi connectivity index (χ3v) is 3.26. The maximum Gasteiger partial charge on any atom is 0.262 e. The Labute approximate surface area is 124 Å². The van der Waals surface area contributed by atoms with Gasteiger partial charge in [0.25, 0.3) is 5.91 Å². The fourth-order valence-corrected chi connectivity index (χ4v) is 1.99. The SMILES string of the molecule is CCc1ccc(OCC(=O)Nc2ccccc2C)c(N)c1. The first-order valence-corrected chi connectivity index (χ1v) is 6.97. The number of hydrogen-bond acceptors (Lipinski definition) is 3. The molecule has 0 heterocycles. The number of ether oxygens (including phenoxy) is 1. The number of nitrogen functional groups attached to an aromatic ring is 1. The van der Waals surface area contributed by atoms with E-state index in [4.69, 9.17) is 10.5 Å². The van der Waals surface area contributed by atoms with E-state index in [1.54, 1.807) is 6.07 Å². The van der Waals surface area contributed by atoms with E-state index in [9.17, 15) is 4.79 Å². The third kappa shape index (κ3) is 3.99. The zero-order valence-corrected chi connectivity index (χ0v) is 12.3. The Morgan fingerprint density at radius 1 is 1.24 bits per heavy atom. The van der Waals surface area contributed by atoms with Gasteiger partial charge in [0.15, 0.2) is 6.61 Å². The highest BCUT2D eigenvalue weighted by Gasteiger charge is 2.07. The van der Waals surface area contributed by atoms with Gasteiger partial charge in [0, 0.05) is 5.69 Å². The Morgan fingerprint density at radius 3 is 2.67 bits per heavy atom. The summed E-state index contributed by atoms with van der Waals surface area (Å²) >= 11 is 0. The number of aryl methyl sites for hydroxylation is 2. The predicted octanol–water partition coefficient (Wildman–Crippen LogP) is 3.16. The average Bonchev–Trinajstić information content (AvgIpc) is 2.48. The van der Waals surface area contributed by atoms with Gasteiger partial charge < -0.3 is 15.8 Å². The molecule has 0 atom stereocenters. The summed E-state index contributed by atoms with van der Waals surface area (Å²) in [5.74, 6) is 0.329. The Morgan fingerprint density at radius 2 is 2.00 bits per heavy atom. The summed E-state index contributed by atoms with van der Waals surface area (Å²) in [6.45, 7) is 3.94. The number of rotatable bonds is 5. The number of nitrogens with two attached hydrogens (primary N) is 1. The van der Waals surface area contributed by atoms with E-state index in [0.717, 1.165) is 23.2 Å². The van der Waals surface area contributed by atoms with Crippen molar-refractivity contribution in [2.75, 3.05) is 17.7 Å². The molecular formula is C17H20N2O2. The van der Waals surface area contributed by atoms with Gasteiger partial charge in [-0.3, -0.25) is 4.79 Å². The van der Waals surface area contributed by atoms with Gasteiger partial charge in [-0.1, -0.05) is 31.2 Å². The van der Waals surface area contributed by atoms with Gasteiger partial charge in [-0.2, -0.15) is 0 Å². The van der Waals surface area contributed by atoms with Crippen molar-refractivity contribution < 1.29 is 9.53 Å². The summed E-state index contributed by atoms with van der Waals surface area (Å²) < 4.78 is 5.47. The van der Waals surface area contributed by atoms with Crippen LogP contribution in [0, 0.1) is 6.92 Å². The number of carbonyl (C=O) groups excluding carboxylic acids is 1. The molecule has 0 aromatic heterocycles. The van der Waals surface area contributed by atoms with Crippen LogP contribution in [0.25, 0.3) is 0 Å². The highest BCUT2D eigenvalue weighted by molar-refractivity contribution is 5.92. The summed E-state index contributed by atoms with van der Waals surface area (Å²) in [6, 6.07) is 13.2. The Balaban J connectivity index is 1.94. The van der Waals surface area contributed by atoms with Crippen LogP contribution in [0.1, 0.15) is 18.1 Å². The summed E-state index contributed by atoms with van der Waals surface area (Å²) in [5, 5.41) is 2.82. The van der Waals surface area contributed by atoms with Crippen molar-refractivity contribution in [3.05, 3.63) is 53.6 Å². The second-order valence-corrected chi connectivity index (χ2v) is 4.88. The third-order valence-electron chi connectivity index (χ3n) is 3.26. The number of anilines is 2. The van der Waals surface area contributed by atoms with Gasteiger partial charge in [0.2, 0.25) is 0 Å². The maximum atomic E-state index is 11.9. The van der Waals surface area contributed by atoms with Gasteiger partial charge in [-0.15, -0.1) is 0 Å². The molecule has 0 aliphatic rings. The number of amides is 1. The minimum absolute atomic E-state index is 0.0655. The molecule has 4 heteroatoms. The molecule has 0 spiro atoms. The molecule has 2 aromatic rings. The topological polar surface area (TPSA) is 64.3 Å². The second kappa shape index (κ2) is 6.79. The molecule has 0 aliphatic heterocycles. The summed E-state index contributed by atoms with van der Waals surface area (Å²) in [7, 11) is 0. The predicted molar refractivity (Wildman–Crippen MR) is 85.5 cm³/mol. The van der Waals surface area contributed by atoms with E-state index in [0.29, 0.717) is 11.4 Å². The molecule has 0 unspecified atom stereocenters. The van der Waals surface area contributed by atoms with Crippen LogP contribution < -0.4 is 15.8 Å². The van der Waals surface area contributed by atoms with Gasteiger partial charge in [0.05, 0.1) is 5.69 Å². The van der Waals surface area contributed by atoms with E-state index in [2.05, 4.69) is 12.2 Å². The van der Waals surface area contributed by atoms with Crippen LogP contribution in [0.2, 0.25) is 0 Å². The molecule has 0 saturated carbocycles. The van der Waals surface area contributed by atoms with Crippen LogP contribution in [0.5, 0.6) is 5.75 Å². The Hall–Kier alpha value is -2.49. The molecule has 3 N–H and O–H groups in total. The van der Waals surface area contributed by atoms with Crippen LogP contribution in [-0.2, 0) is 11.2 Å². The fourth-order valence-electron chi connectivity index (χ4n) is 1.99. The maximum absolute atomic E-state index is 11.9. The highest BCUT2D eigenvalue weighted by Crippen LogP contribution is 2.22. The molecule has 2 aromatic carbocycles. The van der Waals surface area contributed by atoms with Crippen LogP contribution in [0.3, 0.4) is 0 Å². The number of nitrogens with one attached hydrogen (secondary N) is 1. The molecule has 0 bridgehead atoms. The van der Waals surface area contributed by atoms with Gasteiger partial charge in [0.1, 0.15) is 5.75 Å². The monoisotopic (exact) mass is 284 g/mol. The van der Waals surface area contributed by atoms with Crippen molar-refractivity contribution in [3.8, 4) is 5.75 Å². The van der Waals surface area contributed by atoms with Crippen LogP contribution in [0.4, 0.5) is 11.4 Å². The van der Waals surface area contributed by atoms with E-state index in [-0.39, 0.29) is 12.5 Å². The lowest BCUT2D eigenvalue weighted by atomic mass is 10.1. The molecule has 0 aliphatic carbocycles.